The van der Waals surface area contributed by atoms with Crippen molar-refractivity contribution in [1.82, 2.24) is 0 Å². The summed E-state index contributed by atoms with van der Waals surface area (Å²) in [5.74, 6) is 0.0454. The van der Waals surface area contributed by atoms with Gasteiger partial charge in [-0.3, -0.25) is 4.79 Å². The van der Waals surface area contributed by atoms with Crippen LogP contribution in [-0.2, 0) is 0 Å². The van der Waals surface area contributed by atoms with Gasteiger partial charge in [0.15, 0.2) is 5.78 Å². The van der Waals surface area contributed by atoms with Crippen molar-refractivity contribution >= 4 is 5.78 Å². The Hall–Kier alpha value is -3.45. The van der Waals surface area contributed by atoms with Crippen LogP contribution in [0.15, 0.2) is 109 Å². The van der Waals surface area contributed by atoms with Crippen LogP contribution in [0.5, 0.6) is 0 Å². The van der Waals surface area contributed by atoms with Crippen LogP contribution < -0.4 is 0 Å². The summed E-state index contributed by atoms with van der Waals surface area (Å²) in [5, 5.41) is 0. The number of hydrogen-bond acceptors (Lipinski definition) is 1. The van der Waals surface area contributed by atoms with E-state index in [1.165, 1.54) is 0 Å². The van der Waals surface area contributed by atoms with E-state index in [-0.39, 0.29) is 5.78 Å². The predicted molar refractivity (Wildman–Crippen MR) is 107 cm³/mol. The molecule has 0 radical (unpaired) electrons. The zero-order valence-corrected chi connectivity index (χ0v) is 14.3. The summed E-state index contributed by atoms with van der Waals surface area (Å²) >= 11 is 0. The first kappa shape index (κ1) is 16.0. The van der Waals surface area contributed by atoms with Crippen molar-refractivity contribution in [2.24, 2.45) is 0 Å². The molecule has 124 valence electrons. The van der Waals surface area contributed by atoms with Crippen LogP contribution in [-0.4, -0.2) is 5.78 Å². The van der Waals surface area contributed by atoms with E-state index >= 15 is 0 Å². The lowest BCUT2D eigenvalue weighted by Crippen LogP contribution is -2.03. The summed E-state index contributed by atoms with van der Waals surface area (Å²) in [5.41, 5.74) is 5.71. The highest BCUT2D eigenvalue weighted by Crippen LogP contribution is 2.26. The average molecular weight is 334 g/mol. The fourth-order valence-corrected chi connectivity index (χ4v) is 3.15. The van der Waals surface area contributed by atoms with Crippen LogP contribution in [0.3, 0.4) is 0 Å². The number of hydrogen-bond donors (Lipinski definition) is 0. The Balaban J connectivity index is 1.69. The van der Waals surface area contributed by atoms with Gasteiger partial charge in [-0.1, -0.05) is 109 Å². The molecule has 1 heteroatoms. The Bertz CT molecular complexity index is 1020. The zero-order chi connectivity index (χ0) is 17.8. The normalized spacial score (nSPS) is 10.5. The van der Waals surface area contributed by atoms with E-state index in [2.05, 4.69) is 12.1 Å². The van der Waals surface area contributed by atoms with E-state index in [4.69, 9.17) is 0 Å². The fourth-order valence-electron chi connectivity index (χ4n) is 3.15. The lowest BCUT2D eigenvalue weighted by atomic mass is 9.93. The average Bonchev–Trinajstić information content (AvgIpc) is 2.75. The van der Waals surface area contributed by atoms with E-state index in [1.807, 2.05) is 97.1 Å². The smallest absolute Gasteiger partial charge is 0.193 e. The molecule has 0 amide bonds. The van der Waals surface area contributed by atoms with Crippen molar-refractivity contribution < 1.29 is 4.79 Å². The van der Waals surface area contributed by atoms with Gasteiger partial charge < -0.3 is 0 Å². The van der Waals surface area contributed by atoms with Gasteiger partial charge in [0.2, 0.25) is 0 Å². The fraction of sp³-hybridized carbons (Fsp3) is 0. The second-order valence-electron chi connectivity index (χ2n) is 6.18. The molecule has 0 bridgehead atoms. The molecule has 0 saturated carbocycles. The molecular formula is C25H18O. The minimum atomic E-state index is 0.0454. The van der Waals surface area contributed by atoms with Crippen LogP contribution in [0, 0.1) is 0 Å². The summed E-state index contributed by atoms with van der Waals surface area (Å²) in [6, 6.07) is 35.8. The Morgan fingerprint density at radius 1 is 0.462 bits per heavy atom. The molecule has 0 fully saturated rings. The van der Waals surface area contributed by atoms with Gasteiger partial charge in [0.05, 0.1) is 0 Å². The second-order valence-corrected chi connectivity index (χ2v) is 6.18. The Kier molecular flexibility index (Phi) is 4.44. The topological polar surface area (TPSA) is 17.1 Å². The van der Waals surface area contributed by atoms with Crippen molar-refractivity contribution in [1.29, 1.82) is 0 Å². The van der Waals surface area contributed by atoms with E-state index in [1.54, 1.807) is 0 Å². The van der Waals surface area contributed by atoms with Crippen LogP contribution in [0.4, 0.5) is 0 Å². The van der Waals surface area contributed by atoms with Crippen LogP contribution >= 0.6 is 0 Å². The molecule has 0 heterocycles. The first-order valence-electron chi connectivity index (χ1n) is 8.67. The first-order valence-corrected chi connectivity index (χ1v) is 8.67. The highest BCUT2D eigenvalue weighted by molar-refractivity contribution is 6.13. The first-order chi connectivity index (χ1) is 12.8. The highest BCUT2D eigenvalue weighted by Gasteiger charge is 2.14. The molecule has 0 atom stereocenters. The van der Waals surface area contributed by atoms with Crippen molar-refractivity contribution in [2.45, 2.75) is 0 Å². The standard InChI is InChI=1S/C25H18O/c26-25(22-17-15-20(16-18-22)19-9-3-1-4-10-19)24-14-8-7-13-23(24)21-11-5-2-6-12-21/h1-18H. The van der Waals surface area contributed by atoms with Crippen LogP contribution in [0.25, 0.3) is 22.3 Å². The van der Waals surface area contributed by atoms with Crippen molar-refractivity contribution in [3.05, 3.63) is 120 Å². The summed E-state index contributed by atoms with van der Waals surface area (Å²) in [6.45, 7) is 0. The number of rotatable bonds is 4. The molecule has 0 unspecified atom stereocenters. The molecule has 0 aromatic heterocycles. The van der Waals surface area contributed by atoms with Gasteiger partial charge in [-0.15, -0.1) is 0 Å². The third kappa shape index (κ3) is 3.20. The van der Waals surface area contributed by atoms with E-state index < -0.39 is 0 Å². The molecule has 4 rings (SSSR count). The lowest BCUT2D eigenvalue weighted by molar-refractivity contribution is 0.103. The van der Waals surface area contributed by atoms with Gasteiger partial charge >= 0.3 is 0 Å². The van der Waals surface area contributed by atoms with Gasteiger partial charge in [0.1, 0.15) is 0 Å². The maximum absolute atomic E-state index is 13.1. The highest BCUT2D eigenvalue weighted by atomic mass is 16.1. The van der Waals surface area contributed by atoms with Gasteiger partial charge in [-0.2, -0.15) is 0 Å². The molecule has 26 heavy (non-hydrogen) atoms. The SMILES string of the molecule is O=C(c1ccc(-c2ccccc2)cc1)c1ccccc1-c1ccccc1. The Morgan fingerprint density at radius 2 is 0.962 bits per heavy atom. The Labute approximate surface area is 153 Å². The maximum Gasteiger partial charge on any atom is 0.193 e. The number of carbonyl (C=O) groups is 1. The third-order valence-electron chi connectivity index (χ3n) is 4.51. The Morgan fingerprint density at radius 3 is 1.62 bits per heavy atom. The molecule has 0 spiro atoms. The predicted octanol–water partition coefficient (Wildman–Crippen LogP) is 6.25. The third-order valence-corrected chi connectivity index (χ3v) is 4.51. The van der Waals surface area contributed by atoms with Crippen LogP contribution in [0.1, 0.15) is 15.9 Å². The molecule has 0 aliphatic carbocycles. The molecule has 4 aromatic rings. The van der Waals surface area contributed by atoms with Crippen molar-refractivity contribution in [3.63, 3.8) is 0 Å². The number of benzene rings is 4. The quantitative estimate of drug-likeness (QED) is 0.403. The minimum Gasteiger partial charge on any atom is -0.289 e. The molecule has 0 saturated heterocycles. The molecule has 0 aliphatic heterocycles. The van der Waals surface area contributed by atoms with Crippen molar-refractivity contribution in [2.75, 3.05) is 0 Å². The van der Waals surface area contributed by atoms with Crippen molar-refractivity contribution in [3.8, 4) is 22.3 Å². The summed E-state index contributed by atoms with van der Waals surface area (Å²) in [4.78, 5) is 13.1. The minimum absolute atomic E-state index is 0.0454. The maximum atomic E-state index is 13.1. The van der Waals surface area contributed by atoms with Gasteiger partial charge in [-0.05, 0) is 22.3 Å². The van der Waals surface area contributed by atoms with E-state index in [0.29, 0.717) is 5.56 Å². The lowest BCUT2D eigenvalue weighted by Gasteiger charge is -2.10. The van der Waals surface area contributed by atoms with Gasteiger partial charge in [0.25, 0.3) is 0 Å². The number of carbonyl (C=O) groups excluding carboxylic acids is 1. The number of ketones is 1. The monoisotopic (exact) mass is 334 g/mol. The van der Waals surface area contributed by atoms with Gasteiger partial charge in [0, 0.05) is 11.1 Å². The van der Waals surface area contributed by atoms with Gasteiger partial charge in [-0.25, -0.2) is 0 Å². The molecule has 1 nitrogen and oxygen atoms in total. The summed E-state index contributed by atoms with van der Waals surface area (Å²) in [7, 11) is 0. The zero-order valence-electron chi connectivity index (χ0n) is 14.3. The summed E-state index contributed by atoms with van der Waals surface area (Å²) < 4.78 is 0. The largest absolute Gasteiger partial charge is 0.289 e. The molecule has 0 N–H and O–H groups in total. The van der Waals surface area contributed by atoms with E-state index in [9.17, 15) is 4.79 Å². The molecule has 4 aromatic carbocycles. The summed E-state index contributed by atoms with van der Waals surface area (Å²) in [6.07, 6.45) is 0. The second kappa shape index (κ2) is 7.20. The molecular weight excluding hydrogens is 316 g/mol. The van der Waals surface area contributed by atoms with E-state index in [0.717, 1.165) is 27.8 Å². The van der Waals surface area contributed by atoms with Crippen LogP contribution in [0.2, 0.25) is 0 Å². The molecule has 0 aliphatic rings.